The number of aryl methyl sites for hydroxylation is 1. The Bertz CT molecular complexity index is 1230. The molecule has 0 bridgehead atoms. The van der Waals surface area contributed by atoms with Gasteiger partial charge in [-0.1, -0.05) is 28.0 Å². The molecule has 31 heavy (non-hydrogen) atoms. The largest absolute Gasteiger partial charge is 0.493 e. The highest BCUT2D eigenvalue weighted by atomic mass is 35.5. The highest BCUT2D eigenvalue weighted by molar-refractivity contribution is 6.31. The molecular weight excluding hydrogens is 422 g/mol. The van der Waals surface area contributed by atoms with Crippen LogP contribution in [0.1, 0.15) is 11.3 Å². The lowest BCUT2D eigenvalue weighted by Crippen LogP contribution is -1.99. The molecule has 4 aromatic rings. The van der Waals surface area contributed by atoms with E-state index in [4.69, 9.17) is 30.3 Å². The average Bonchev–Trinajstić information content (AvgIpc) is 3.41. The summed E-state index contributed by atoms with van der Waals surface area (Å²) in [6, 6.07) is 9.16. The predicted molar refractivity (Wildman–Crippen MR) is 114 cm³/mol. The van der Waals surface area contributed by atoms with Gasteiger partial charge in [-0.2, -0.15) is 4.98 Å². The van der Waals surface area contributed by atoms with E-state index < -0.39 is 0 Å². The van der Waals surface area contributed by atoms with Crippen molar-refractivity contribution in [3.8, 4) is 45.9 Å². The summed E-state index contributed by atoms with van der Waals surface area (Å²) in [5.74, 6) is 2.04. The van der Waals surface area contributed by atoms with Crippen molar-refractivity contribution in [2.45, 2.75) is 13.8 Å². The van der Waals surface area contributed by atoms with Gasteiger partial charge in [0.1, 0.15) is 0 Å². The van der Waals surface area contributed by atoms with Gasteiger partial charge >= 0.3 is 0 Å². The van der Waals surface area contributed by atoms with Gasteiger partial charge in [0.05, 0.1) is 32.7 Å². The lowest BCUT2D eigenvalue weighted by atomic mass is 10.1. The second-order valence-corrected chi connectivity index (χ2v) is 7.11. The Morgan fingerprint density at radius 3 is 2.29 bits per heavy atom. The van der Waals surface area contributed by atoms with Gasteiger partial charge in [-0.05, 0) is 43.7 Å². The van der Waals surface area contributed by atoms with E-state index in [-0.39, 0.29) is 5.89 Å². The second kappa shape index (κ2) is 8.27. The fourth-order valence-electron chi connectivity index (χ4n) is 3.13. The Morgan fingerprint density at radius 1 is 0.968 bits per heavy atom. The van der Waals surface area contributed by atoms with Gasteiger partial charge in [-0.15, -0.1) is 5.10 Å². The van der Waals surface area contributed by atoms with Gasteiger partial charge in [0.15, 0.2) is 17.2 Å². The molecule has 0 saturated carbocycles. The summed E-state index contributed by atoms with van der Waals surface area (Å²) in [6.07, 6.45) is 0. The highest BCUT2D eigenvalue weighted by Crippen LogP contribution is 2.40. The van der Waals surface area contributed by atoms with Gasteiger partial charge in [-0.3, -0.25) is 0 Å². The van der Waals surface area contributed by atoms with Gasteiger partial charge in [0, 0.05) is 10.6 Å². The molecule has 0 spiro atoms. The molecule has 2 heterocycles. The zero-order chi connectivity index (χ0) is 22.1. The Kier molecular flexibility index (Phi) is 5.51. The topological polar surface area (TPSA) is 97.3 Å². The maximum atomic E-state index is 6.25. The summed E-state index contributed by atoms with van der Waals surface area (Å²) in [5.41, 5.74) is 3.62. The summed E-state index contributed by atoms with van der Waals surface area (Å²) in [4.78, 5) is 4.48. The lowest BCUT2D eigenvalue weighted by Gasteiger charge is -2.12. The standard InChI is InChI=1S/C21H20ClN5O4/c1-11-6-7-14(10-15(11)22)27-12(2)18(24-26-27)21-23-20(25-31-21)13-8-16(28-3)19(30-5)17(9-13)29-4/h6-10H,1-5H3. The number of ether oxygens (including phenoxy) is 3. The monoisotopic (exact) mass is 441 g/mol. The van der Waals surface area contributed by atoms with E-state index in [1.165, 1.54) is 0 Å². The molecule has 0 fully saturated rings. The molecule has 0 aliphatic carbocycles. The number of aromatic nitrogens is 5. The number of benzene rings is 2. The molecule has 0 unspecified atom stereocenters. The first-order valence-electron chi connectivity index (χ1n) is 9.30. The summed E-state index contributed by atoms with van der Waals surface area (Å²) < 4.78 is 23.3. The molecule has 4 rings (SSSR count). The first-order valence-corrected chi connectivity index (χ1v) is 9.68. The zero-order valence-electron chi connectivity index (χ0n) is 17.6. The van der Waals surface area contributed by atoms with Crippen molar-refractivity contribution in [3.05, 3.63) is 46.6 Å². The van der Waals surface area contributed by atoms with Gasteiger partial charge < -0.3 is 18.7 Å². The average molecular weight is 442 g/mol. The number of rotatable bonds is 6. The lowest BCUT2D eigenvalue weighted by molar-refractivity contribution is 0.324. The molecule has 0 amide bonds. The minimum Gasteiger partial charge on any atom is -0.493 e. The van der Waals surface area contributed by atoms with Crippen LogP contribution in [0.15, 0.2) is 34.9 Å². The Balaban J connectivity index is 1.72. The van der Waals surface area contributed by atoms with Crippen LogP contribution in [-0.2, 0) is 0 Å². The molecule has 0 N–H and O–H groups in total. The molecule has 10 heteroatoms. The highest BCUT2D eigenvalue weighted by Gasteiger charge is 2.21. The van der Waals surface area contributed by atoms with Crippen LogP contribution in [0.4, 0.5) is 0 Å². The SMILES string of the molecule is COc1cc(-c2noc(-c3nnn(-c4ccc(C)c(Cl)c4)c3C)n2)cc(OC)c1OC. The molecule has 2 aromatic carbocycles. The van der Waals surface area contributed by atoms with E-state index in [0.29, 0.717) is 39.4 Å². The quantitative estimate of drug-likeness (QED) is 0.437. The first-order chi connectivity index (χ1) is 15.0. The minimum atomic E-state index is 0.241. The number of halogens is 1. The van der Waals surface area contributed by atoms with E-state index in [2.05, 4.69) is 20.5 Å². The van der Waals surface area contributed by atoms with Crippen LogP contribution in [0.2, 0.25) is 5.02 Å². The maximum absolute atomic E-state index is 6.25. The van der Waals surface area contributed by atoms with E-state index in [0.717, 1.165) is 16.9 Å². The van der Waals surface area contributed by atoms with Crippen LogP contribution < -0.4 is 14.2 Å². The van der Waals surface area contributed by atoms with Crippen molar-refractivity contribution in [3.63, 3.8) is 0 Å². The fourth-order valence-corrected chi connectivity index (χ4v) is 3.31. The Hall–Kier alpha value is -3.59. The third-order valence-electron chi connectivity index (χ3n) is 4.85. The van der Waals surface area contributed by atoms with Gasteiger partial charge in [0.2, 0.25) is 11.6 Å². The molecular formula is C21H20ClN5O4. The van der Waals surface area contributed by atoms with E-state index in [1.807, 2.05) is 32.0 Å². The van der Waals surface area contributed by atoms with Crippen LogP contribution in [-0.4, -0.2) is 46.5 Å². The Morgan fingerprint density at radius 2 is 1.68 bits per heavy atom. The zero-order valence-corrected chi connectivity index (χ0v) is 18.4. The molecule has 0 aliphatic rings. The second-order valence-electron chi connectivity index (χ2n) is 6.71. The molecule has 0 atom stereocenters. The molecule has 0 radical (unpaired) electrons. The van der Waals surface area contributed by atoms with E-state index in [9.17, 15) is 0 Å². The van der Waals surface area contributed by atoms with Gasteiger partial charge in [0.25, 0.3) is 5.89 Å². The van der Waals surface area contributed by atoms with Crippen LogP contribution in [0.3, 0.4) is 0 Å². The van der Waals surface area contributed by atoms with E-state index in [1.54, 1.807) is 38.1 Å². The first kappa shape index (κ1) is 20.7. The van der Waals surface area contributed by atoms with Crippen LogP contribution >= 0.6 is 11.6 Å². The number of hydrogen-bond acceptors (Lipinski definition) is 8. The van der Waals surface area contributed by atoms with Crippen molar-refractivity contribution in [1.29, 1.82) is 0 Å². The molecule has 0 aliphatic heterocycles. The molecule has 160 valence electrons. The summed E-state index contributed by atoms with van der Waals surface area (Å²) in [5, 5.41) is 13.2. The van der Waals surface area contributed by atoms with Gasteiger partial charge in [-0.25, -0.2) is 4.68 Å². The normalized spacial score (nSPS) is 10.9. The number of methoxy groups -OCH3 is 3. The van der Waals surface area contributed by atoms with Crippen molar-refractivity contribution < 1.29 is 18.7 Å². The smallest absolute Gasteiger partial charge is 0.280 e. The Labute approximate surface area is 183 Å². The van der Waals surface area contributed by atoms with E-state index >= 15 is 0 Å². The predicted octanol–water partition coefficient (Wildman–Crippen LogP) is 4.28. The third kappa shape index (κ3) is 3.68. The molecule has 0 saturated heterocycles. The van der Waals surface area contributed by atoms with Crippen LogP contribution in [0.25, 0.3) is 28.7 Å². The minimum absolute atomic E-state index is 0.241. The van der Waals surface area contributed by atoms with Crippen molar-refractivity contribution in [2.75, 3.05) is 21.3 Å². The van der Waals surface area contributed by atoms with Crippen molar-refractivity contribution in [2.24, 2.45) is 0 Å². The number of hydrogen-bond donors (Lipinski definition) is 0. The maximum Gasteiger partial charge on any atom is 0.280 e. The van der Waals surface area contributed by atoms with Crippen LogP contribution in [0.5, 0.6) is 17.2 Å². The summed E-state index contributed by atoms with van der Waals surface area (Å²) in [6.45, 7) is 3.81. The molecule has 2 aromatic heterocycles. The third-order valence-corrected chi connectivity index (χ3v) is 5.25. The summed E-state index contributed by atoms with van der Waals surface area (Å²) in [7, 11) is 4.63. The van der Waals surface area contributed by atoms with Crippen molar-refractivity contribution >= 4 is 11.6 Å². The van der Waals surface area contributed by atoms with Crippen LogP contribution in [0, 0.1) is 13.8 Å². The van der Waals surface area contributed by atoms with Crippen molar-refractivity contribution in [1.82, 2.24) is 25.1 Å². The fraction of sp³-hybridized carbons (Fsp3) is 0.238. The molecule has 9 nitrogen and oxygen atoms in total. The number of nitrogens with zero attached hydrogens (tertiary/aromatic N) is 5. The summed E-state index contributed by atoms with van der Waals surface area (Å²) >= 11 is 6.25.